The van der Waals surface area contributed by atoms with E-state index in [4.69, 9.17) is 9.84 Å². The zero-order chi connectivity index (χ0) is 31.3. The van der Waals surface area contributed by atoms with Gasteiger partial charge in [0.05, 0.1) is 24.2 Å². The number of benzene rings is 4. The molecule has 0 spiro atoms. The normalized spacial score (nSPS) is 12.4. The molecule has 0 N–H and O–H groups in total. The molecule has 0 saturated carbocycles. The fourth-order valence-electron chi connectivity index (χ4n) is 6.39. The van der Waals surface area contributed by atoms with Crippen LogP contribution in [0.15, 0.2) is 88.2 Å². The van der Waals surface area contributed by atoms with E-state index in [0.29, 0.717) is 28.2 Å². The molecule has 0 atom stereocenters. The van der Waals surface area contributed by atoms with Gasteiger partial charge in [-0.3, -0.25) is 18.7 Å². The average Bonchev–Trinajstić information content (AvgIpc) is 3.29. The third-order valence-electron chi connectivity index (χ3n) is 8.00. The van der Waals surface area contributed by atoms with Crippen molar-refractivity contribution in [3.8, 4) is 17.1 Å². The molecule has 0 amide bonds. The molecule has 4 aromatic carbocycles. The largest absolute Gasteiger partial charge is 0.497 e. The van der Waals surface area contributed by atoms with E-state index in [2.05, 4.69) is 34.6 Å². The fourth-order valence-corrected chi connectivity index (χ4v) is 6.39. The second-order valence-corrected chi connectivity index (χ2v) is 11.4. The first kappa shape index (κ1) is 28.7. The first-order valence-corrected chi connectivity index (χ1v) is 14.4. The number of nitrogens with zero attached hydrogens (tertiary/aromatic N) is 5. The molecule has 220 valence electrons. The van der Waals surface area contributed by atoms with Gasteiger partial charge in [0.15, 0.2) is 0 Å². The number of carbonyl (C=O) groups excluding carboxylic acids is 2. The maximum absolute atomic E-state index is 14.4. The number of hydrogen-bond acceptors (Lipinski definition) is 5. The molecule has 44 heavy (non-hydrogen) atoms. The molecule has 1 heterocycles. The first-order valence-electron chi connectivity index (χ1n) is 14.4. The van der Waals surface area contributed by atoms with Gasteiger partial charge in [0.1, 0.15) is 17.1 Å². The Kier molecular flexibility index (Phi) is 7.21. The summed E-state index contributed by atoms with van der Waals surface area (Å²) in [6.45, 7) is 12.1. The Labute approximate surface area is 256 Å². The molecule has 1 aliphatic carbocycles. The van der Waals surface area contributed by atoms with Crippen molar-refractivity contribution in [2.45, 2.75) is 41.5 Å². The van der Waals surface area contributed by atoms with Crippen LogP contribution in [0.1, 0.15) is 65.5 Å². The van der Waals surface area contributed by atoms with Crippen LogP contribution in [0.5, 0.6) is 5.75 Å². The molecule has 8 nitrogen and oxygen atoms in total. The van der Waals surface area contributed by atoms with Crippen LogP contribution in [-0.2, 0) is 0 Å². The van der Waals surface area contributed by atoms with Crippen molar-refractivity contribution in [2.75, 3.05) is 7.11 Å². The summed E-state index contributed by atoms with van der Waals surface area (Å²) >= 11 is 0. The van der Waals surface area contributed by atoms with Gasteiger partial charge >= 0.3 is 0 Å². The molecule has 0 bridgehead atoms. The molecule has 0 aliphatic heterocycles. The van der Waals surface area contributed by atoms with Gasteiger partial charge in [0.25, 0.3) is 0 Å². The maximum atomic E-state index is 14.4. The van der Waals surface area contributed by atoms with Crippen LogP contribution in [0.3, 0.4) is 0 Å². The molecule has 5 aromatic rings. The minimum atomic E-state index is -0.251. The zero-order valence-electron chi connectivity index (χ0n) is 25.9. The quantitative estimate of drug-likeness (QED) is 0.155. The van der Waals surface area contributed by atoms with E-state index in [1.807, 2.05) is 41.5 Å². The summed E-state index contributed by atoms with van der Waals surface area (Å²) in [4.78, 5) is 28.8. The zero-order valence-corrected chi connectivity index (χ0v) is 25.9. The van der Waals surface area contributed by atoms with Gasteiger partial charge in [-0.2, -0.15) is 0 Å². The third kappa shape index (κ3) is 4.68. The summed E-state index contributed by atoms with van der Waals surface area (Å²) in [6.07, 6.45) is 0. The number of aromatic nitrogens is 2. The second kappa shape index (κ2) is 11.0. The number of ketones is 2. The molecule has 0 unspecified atom stereocenters. The van der Waals surface area contributed by atoms with Crippen molar-refractivity contribution in [1.29, 1.82) is 0 Å². The van der Waals surface area contributed by atoms with Crippen LogP contribution < -0.4 is 10.4 Å². The Bertz CT molecular complexity index is 1930. The van der Waals surface area contributed by atoms with Crippen LogP contribution in [-0.4, -0.2) is 27.8 Å². The minimum Gasteiger partial charge on any atom is -0.497 e. The van der Waals surface area contributed by atoms with Gasteiger partial charge in [0.2, 0.25) is 17.2 Å². The Hall–Kier alpha value is -5.37. The highest BCUT2D eigenvalue weighted by molar-refractivity contribution is 6.27. The SMILES string of the molecule is COc1ccc(N=NN=c2n(-c3c(C)cc(C)cc3C)c3c(n2-c2c(C)cc(C)cc2C)C(=O)c2ccccc2C3=O)cc1. The van der Waals surface area contributed by atoms with Crippen LogP contribution in [0.25, 0.3) is 11.4 Å². The van der Waals surface area contributed by atoms with E-state index < -0.39 is 0 Å². The summed E-state index contributed by atoms with van der Waals surface area (Å²) in [5, 5.41) is 13.3. The van der Waals surface area contributed by atoms with E-state index in [1.165, 1.54) is 0 Å². The summed E-state index contributed by atoms with van der Waals surface area (Å²) in [5.74, 6) is 0.200. The highest BCUT2D eigenvalue weighted by atomic mass is 16.5. The molecule has 1 aliphatic rings. The van der Waals surface area contributed by atoms with E-state index in [-0.39, 0.29) is 23.0 Å². The van der Waals surface area contributed by atoms with Crippen LogP contribution in [0.2, 0.25) is 0 Å². The van der Waals surface area contributed by atoms with E-state index >= 15 is 0 Å². The Morgan fingerprint density at radius 3 is 1.45 bits per heavy atom. The maximum Gasteiger partial charge on any atom is 0.242 e. The summed E-state index contributed by atoms with van der Waals surface area (Å²) < 4.78 is 8.85. The third-order valence-corrected chi connectivity index (χ3v) is 8.00. The van der Waals surface area contributed by atoms with Gasteiger partial charge in [-0.25, -0.2) is 0 Å². The van der Waals surface area contributed by atoms with E-state index in [0.717, 1.165) is 44.8 Å². The van der Waals surface area contributed by atoms with Gasteiger partial charge in [-0.15, -0.1) is 5.11 Å². The highest BCUT2D eigenvalue weighted by Gasteiger charge is 2.38. The number of rotatable bonds is 5. The van der Waals surface area contributed by atoms with Crippen molar-refractivity contribution >= 4 is 17.3 Å². The van der Waals surface area contributed by atoms with Gasteiger partial charge < -0.3 is 4.74 Å². The molecule has 0 radical (unpaired) electrons. The Morgan fingerprint density at radius 2 is 1.05 bits per heavy atom. The van der Waals surface area contributed by atoms with Gasteiger partial charge in [-0.1, -0.05) is 64.8 Å². The van der Waals surface area contributed by atoms with Crippen molar-refractivity contribution in [1.82, 2.24) is 9.13 Å². The van der Waals surface area contributed by atoms with E-state index in [1.54, 1.807) is 64.8 Å². The molecule has 0 fully saturated rings. The van der Waals surface area contributed by atoms with Crippen molar-refractivity contribution < 1.29 is 14.3 Å². The number of methoxy groups -OCH3 is 1. The topological polar surface area (TPSA) is 90.3 Å². The first-order chi connectivity index (χ1) is 21.1. The molecule has 1 aromatic heterocycles. The summed E-state index contributed by atoms with van der Waals surface area (Å²) in [5.41, 5.74) is 9.58. The number of ether oxygens (including phenoxy) is 1. The smallest absolute Gasteiger partial charge is 0.242 e. The monoisotopic (exact) mass is 583 g/mol. The van der Waals surface area contributed by atoms with Crippen molar-refractivity contribution in [3.05, 3.63) is 134 Å². The summed E-state index contributed by atoms with van der Waals surface area (Å²) in [7, 11) is 1.60. The number of fused-ring (bicyclic) bond motifs is 2. The van der Waals surface area contributed by atoms with E-state index in [9.17, 15) is 9.59 Å². The Balaban J connectivity index is 1.78. The average molecular weight is 584 g/mol. The number of carbonyl (C=O) groups is 2. The van der Waals surface area contributed by atoms with Crippen LogP contribution in [0, 0.1) is 41.5 Å². The number of aryl methyl sites for hydroxylation is 6. The van der Waals surface area contributed by atoms with Gasteiger partial charge in [0, 0.05) is 11.1 Å². The molecule has 6 rings (SSSR count). The standard InChI is InChI=1S/C36H33N5O3/c1-20-16-22(3)30(23(4)17-20)40-32-33(35(43)29-11-9-8-10-28(29)34(32)42)41(31-24(5)18-21(2)19-25(31)6)36(40)38-39-37-26-12-14-27(44-7)15-13-26/h8-19H,1-7H3. The Morgan fingerprint density at radius 1 is 0.614 bits per heavy atom. The van der Waals surface area contributed by atoms with Crippen LogP contribution >= 0.6 is 0 Å². The lowest BCUT2D eigenvalue weighted by Gasteiger charge is -2.19. The van der Waals surface area contributed by atoms with Crippen LogP contribution in [0.4, 0.5) is 5.69 Å². The fraction of sp³-hybridized carbons (Fsp3) is 0.194. The molecular weight excluding hydrogens is 550 g/mol. The van der Waals surface area contributed by atoms with Crippen molar-refractivity contribution in [2.24, 2.45) is 15.4 Å². The molecule has 0 saturated heterocycles. The lowest BCUT2D eigenvalue weighted by atomic mass is 9.89. The molecule has 8 heteroatoms. The van der Waals surface area contributed by atoms with Gasteiger partial charge in [-0.05, 0) is 93.3 Å². The minimum absolute atomic E-state index is 0.251. The molecular formula is C36H33N5O3. The highest BCUT2D eigenvalue weighted by Crippen LogP contribution is 2.34. The van der Waals surface area contributed by atoms with Crippen molar-refractivity contribution in [3.63, 3.8) is 0 Å². The lowest BCUT2D eigenvalue weighted by Crippen LogP contribution is -2.27. The second-order valence-electron chi connectivity index (χ2n) is 11.4. The number of hydrogen-bond donors (Lipinski definition) is 0. The summed E-state index contributed by atoms with van der Waals surface area (Å²) in [6, 6.07) is 22.4. The lowest BCUT2D eigenvalue weighted by molar-refractivity contribution is 0.0971. The predicted octanol–water partition coefficient (Wildman–Crippen LogP) is 7.50. The number of imidazole rings is 1. The predicted molar refractivity (Wildman–Crippen MR) is 170 cm³/mol.